The largest absolute Gasteiger partial charge is 0.383 e. The number of nitrogens with two attached hydrogens (primary N) is 1. The summed E-state index contributed by atoms with van der Waals surface area (Å²) in [4.78, 5) is 28.5. The zero-order valence-electron chi connectivity index (χ0n) is 10.1. The van der Waals surface area contributed by atoms with Crippen LogP contribution >= 0.6 is 0 Å². The number of nitrogens with one attached hydrogen (secondary N) is 1. The minimum atomic E-state index is -0.405. The van der Waals surface area contributed by atoms with Gasteiger partial charge in [-0.25, -0.2) is 9.78 Å². The van der Waals surface area contributed by atoms with E-state index < -0.39 is 6.03 Å². The highest BCUT2D eigenvalue weighted by Gasteiger charge is 2.24. The Balaban J connectivity index is 2.04. The normalized spacial score (nSPS) is 15.7. The van der Waals surface area contributed by atoms with Crippen LogP contribution in [0, 0.1) is 0 Å². The van der Waals surface area contributed by atoms with Gasteiger partial charge in [-0.2, -0.15) is 0 Å². The maximum atomic E-state index is 11.8. The molecule has 3 rings (SSSR count). The summed E-state index contributed by atoms with van der Waals surface area (Å²) in [6.45, 7) is 0.371. The highest BCUT2D eigenvalue weighted by Crippen LogP contribution is 2.26. The molecule has 1 aromatic heterocycles. The van der Waals surface area contributed by atoms with Crippen LogP contribution in [0.25, 0.3) is 10.8 Å². The van der Waals surface area contributed by atoms with Crippen LogP contribution in [0.3, 0.4) is 0 Å². The third-order valence-electron chi connectivity index (χ3n) is 3.15. The van der Waals surface area contributed by atoms with Gasteiger partial charge in [0.1, 0.15) is 5.82 Å². The maximum absolute atomic E-state index is 11.8. The molecule has 1 fully saturated rings. The molecule has 0 unspecified atom stereocenters. The highest BCUT2D eigenvalue weighted by molar-refractivity contribution is 6.06. The molecule has 2 heterocycles. The zero-order valence-corrected chi connectivity index (χ0v) is 10.1. The number of hydrogen-bond donors (Lipinski definition) is 2. The lowest BCUT2D eigenvalue weighted by atomic mass is 10.1. The van der Waals surface area contributed by atoms with E-state index in [-0.39, 0.29) is 5.91 Å². The molecule has 19 heavy (non-hydrogen) atoms. The predicted molar refractivity (Wildman–Crippen MR) is 71.7 cm³/mol. The predicted octanol–water partition coefficient (Wildman–Crippen LogP) is 1.26. The Kier molecular flexibility index (Phi) is 2.56. The number of hydrogen-bond acceptors (Lipinski definition) is 4. The van der Waals surface area contributed by atoms with Crippen LogP contribution in [0.2, 0.25) is 0 Å². The molecule has 6 nitrogen and oxygen atoms in total. The van der Waals surface area contributed by atoms with Gasteiger partial charge in [-0.1, -0.05) is 6.07 Å². The summed E-state index contributed by atoms with van der Waals surface area (Å²) in [5.41, 5.74) is 6.53. The van der Waals surface area contributed by atoms with Crippen molar-refractivity contribution in [3.8, 4) is 0 Å². The van der Waals surface area contributed by atoms with Crippen molar-refractivity contribution < 1.29 is 9.59 Å². The number of amides is 3. The number of carbonyl (C=O) groups is 2. The first-order chi connectivity index (χ1) is 9.15. The molecule has 1 aromatic carbocycles. The standard InChI is InChI=1S/C13H12N4O2/c14-12-10-7-9(2-1-8(10)3-5-15-12)17-6-4-11(18)16-13(17)19/h1-3,5,7H,4,6H2,(H2,14,15)(H,16,18,19). The SMILES string of the molecule is Nc1nccc2ccc(N3CCC(=O)NC3=O)cc12. The number of imide groups is 1. The van der Waals surface area contributed by atoms with Crippen LogP contribution in [0.5, 0.6) is 0 Å². The van der Waals surface area contributed by atoms with Crippen LogP contribution in [0.1, 0.15) is 6.42 Å². The van der Waals surface area contributed by atoms with Gasteiger partial charge in [0.15, 0.2) is 0 Å². The summed E-state index contributed by atoms with van der Waals surface area (Å²) in [5, 5.41) is 4.05. The van der Waals surface area contributed by atoms with Gasteiger partial charge >= 0.3 is 6.03 Å². The van der Waals surface area contributed by atoms with E-state index in [1.807, 2.05) is 24.3 Å². The molecule has 3 N–H and O–H groups in total. The van der Waals surface area contributed by atoms with Gasteiger partial charge in [0, 0.05) is 30.2 Å². The number of pyridine rings is 1. The number of anilines is 2. The lowest BCUT2D eigenvalue weighted by Gasteiger charge is -2.26. The maximum Gasteiger partial charge on any atom is 0.328 e. The van der Waals surface area contributed by atoms with E-state index in [1.165, 1.54) is 4.90 Å². The van der Waals surface area contributed by atoms with E-state index in [0.29, 0.717) is 24.5 Å². The number of fused-ring (bicyclic) bond motifs is 1. The van der Waals surface area contributed by atoms with E-state index in [4.69, 9.17) is 5.73 Å². The number of nitrogen functional groups attached to an aromatic ring is 1. The first-order valence-electron chi connectivity index (χ1n) is 5.91. The number of nitrogens with zero attached hydrogens (tertiary/aromatic N) is 2. The summed E-state index contributed by atoms with van der Waals surface area (Å²) in [7, 11) is 0. The fourth-order valence-corrected chi connectivity index (χ4v) is 2.16. The number of urea groups is 1. The Morgan fingerprint density at radius 2 is 2.11 bits per heavy atom. The molecule has 96 valence electrons. The second kappa shape index (κ2) is 4.24. The van der Waals surface area contributed by atoms with Gasteiger partial charge in [-0.15, -0.1) is 0 Å². The third kappa shape index (κ3) is 1.97. The minimum Gasteiger partial charge on any atom is -0.383 e. The molecule has 1 aliphatic rings. The van der Waals surface area contributed by atoms with Crippen molar-refractivity contribution in [2.75, 3.05) is 17.2 Å². The summed E-state index contributed by atoms with van der Waals surface area (Å²) in [6, 6.07) is 6.98. The molecule has 0 saturated carbocycles. The lowest BCUT2D eigenvalue weighted by Crippen LogP contribution is -2.49. The fourth-order valence-electron chi connectivity index (χ4n) is 2.16. The molecule has 0 atom stereocenters. The van der Waals surface area contributed by atoms with Gasteiger partial charge < -0.3 is 5.73 Å². The molecular formula is C13H12N4O2. The number of benzene rings is 1. The van der Waals surface area contributed by atoms with E-state index >= 15 is 0 Å². The lowest BCUT2D eigenvalue weighted by molar-refractivity contribution is -0.120. The molecular weight excluding hydrogens is 244 g/mol. The minimum absolute atomic E-state index is 0.247. The number of carbonyl (C=O) groups excluding carboxylic acids is 2. The molecule has 2 aromatic rings. The van der Waals surface area contributed by atoms with Gasteiger partial charge in [0.05, 0.1) is 0 Å². The van der Waals surface area contributed by atoms with Gasteiger partial charge in [-0.3, -0.25) is 15.0 Å². The molecule has 1 aliphatic heterocycles. The molecule has 3 amide bonds. The summed E-state index contributed by atoms with van der Waals surface area (Å²) in [5.74, 6) is 0.177. The summed E-state index contributed by atoms with van der Waals surface area (Å²) < 4.78 is 0. The first kappa shape index (κ1) is 11.5. The van der Waals surface area contributed by atoms with Crippen molar-refractivity contribution in [3.63, 3.8) is 0 Å². The molecule has 0 bridgehead atoms. The second-order valence-electron chi connectivity index (χ2n) is 4.36. The van der Waals surface area contributed by atoms with Crippen molar-refractivity contribution in [3.05, 3.63) is 30.5 Å². The Hall–Kier alpha value is -2.63. The van der Waals surface area contributed by atoms with Crippen LogP contribution in [0.4, 0.5) is 16.3 Å². The third-order valence-corrected chi connectivity index (χ3v) is 3.15. The fraction of sp³-hybridized carbons (Fsp3) is 0.154. The van der Waals surface area contributed by atoms with Crippen LogP contribution in [-0.4, -0.2) is 23.5 Å². The molecule has 0 radical (unpaired) electrons. The quantitative estimate of drug-likeness (QED) is 0.804. The Bertz CT molecular complexity index is 683. The highest BCUT2D eigenvalue weighted by atomic mass is 16.2. The van der Waals surface area contributed by atoms with E-state index in [2.05, 4.69) is 10.3 Å². The topological polar surface area (TPSA) is 88.3 Å². The average molecular weight is 256 g/mol. The van der Waals surface area contributed by atoms with Crippen molar-refractivity contribution >= 4 is 34.2 Å². The van der Waals surface area contributed by atoms with Gasteiger partial charge in [-0.05, 0) is 23.6 Å². The van der Waals surface area contributed by atoms with Crippen molar-refractivity contribution in [2.45, 2.75) is 6.42 Å². The Labute approximate surface area is 109 Å². The van der Waals surface area contributed by atoms with Crippen molar-refractivity contribution in [1.82, 2.24) is 10.3 Å². The number of rotatable bonds is 1. The average Bonchev–Trinajstić information content (AvgIpc) is 2.39. The number of aromatic nitrogens is 1. The Morgan fingerprint density at radius 3 is 2.89 bits per heavy atom. The molecule has 0 spiro atoms. The van der Waals surface area contributed by atoms with E-state index in [9.17, 15) is 9.59 Å². The summed E-state index contributed by atoms with van der Waals surface area (Å²) >= 11 is 0. The molecule has 6 heteroatoms. The van der Waals surface area contributed by atoms with Crippen LogP contribution in [-0.2, 0) is 4.79 Å². The van der Waals surface area contributed by atoms with Crippen LogP contribution in [0.15, 0.2) is 30.5 Å². The second-order valence-corrected chi connectivity index (χ2v) is 4.36. The molecule has 1 saturated heterocycles. The Morgan fingerprint density at radius 1 is 1.26 bits per heavy atom. The smallest absolute Gasteiger partial charge is 0.328 e. The van der Waals surface area contributed by atoms with Crippen molar-refractivity contribution in [2.24, 2.45) is 0 Å². The first-order valence-corrected chi connectivity index (χ1v) is 5.91. The van der Waals surface area contributed by atoms with Crippen LogP contribution < -0.4 is 16.0 Å². The van der Waals surface area contributed by atoms with Gasteiger partial charge in [0.2, 0.25) is 5.91 Å². The summed E-state index contributed by atoms with van der Waals surface area (Å²) in [6.07, 6.45) is 1.94. The molecule has 0 aliphatic carbocycles. The monoisotopic (exact) mass is 256 g/mol. The van der Waals surface area contributed by atoms with Crippen molar-refractivity contribution in [1.29, 1.82) is 0 Å². The van der Waals surface area contributed by atoms with E-state index in [0.717, 1.165) is 10.8 Å². The zero-order chi connectivity index (χ0) is 13.4. The van der Waals surface area contributed by atoms with E-state index in [1.54, 1.807) is 6.20 Å². The van der Waals surface area contributed by atoms with Gasteiger partial charge in [0.25, 0.3) is 0 Å².